The predicted octanol–water partition coefficient (Wildman–Crippen LogP) is 3.06. The Labute approximate surface area is 113 Å². The topological polar surface area (TPSA) is 70.9 Å². The van der Waals surface area contributed by atoms with Crippen LogP contribution in [-0.2, 0) is 0 Å². The van der Waals surface area contributed by atoms with Gasteiger partial charge in [0.15, 0.2) is 0 Å². The van der Waals surface area contributed by atoms with Gasteiger partial charge in [-0.2, -0.15) is 0 Å². The van der Waals surface area contributed by atoms with Crippen molar-refractivity contribution < 1.29 is 4.79 Å². The highest BCUT2D eigenvalue weighted by Gasteiger charge is 2.23. The molecule has 4 heteroatoms. The van der Waals surface area contributed by atoms with E-state index in [1.807, 2.05) is 24.3 Å². The number of nitrogen functional groups attached to an aromatic ring is 1. The van der Waals surface area contributed by atoms with Crippen molar-refractivity contribution in [2.75, 3.05) is 5.73 Å². The molecule has 0 saturated heterocycles. The van der Waals surface area contributed by atoms with Crippen molar-refractivity contribution in [3.8, 4) is 0 Å². The quantitative estimate of drug-likeness (QED) is 0.738. The third-order valence-corrected chi connectivity index (χ3v) is 3.87. The minimum absolute atomic E-state index is 0.0685. The minimum Gasteiger partial charge on any atom is -0.399 e. The van der Waals surface area contributed by atoms with Crippen LogP contribution in [0.1, 0.15) is 44.1 Å². The number of benzene rings is 1. The van der Waals surface area contributed by atoms with Gasteiger partial charge in [-0.25, -0.2) is 0 Å². The Hall–Kier alpha value is -1.97. The van der Waals surface area contributed by atoms with E-state index in [1.165, 1.54) is 0 Å². The van der Waals surface area contributed by atoms with Crippen molar-refractivity contribution in [1.29, 1.82) is 0 Å². The summed E-state index contributed by atoms with van der Waals surface area (Å²) in [7, 11) is 0. The predicted molar refractivity (Wildman–Crippen MR) is 79.2 cm³/mol. The van der Waals surface area contributed by atoms with Gasteiger partial charge in [0, 0.05) is 22.1 Å². The molecule has 1 heterocycles. The number of nitrogens with one attached hydrogen (secondary N) is 2. The Bertz CT molecular complexity index is 596. The smallest absolute Gasteiger partial charge is 0.268 e. The van der Waals surface area contributed by atoms with Gasteiger partial charge in [-0.3, -0.25) is 4.79 Å². The number of hydrogen-bond acceptors (Lipinski definition) is 2. The van der Waals surface area contributed by atoms with Gasteiger partial charge in [0.1, 0.15) is 5.69 Å². The fourth-order valence-corrected chi connectivity index (χ4v) is 2.04. The van der Waals surface area contributed by atoms with Gasteiger partial charge >= 0.3 is 0 Å². The standard InChI is InChI=1S/C15H21N3O/c1-4-15(3,5-2)18-14(19)13-9-10-8-11(16)6-7-12(10)17-13/h6-9,17H,4-5,16H2,1-3H3,(H,18,19). The first kappa shape index (κ1) is 13.5. The fourth-order valence-electron chi connectivity index (χ4n) is 2.04. The van der Waals surface area contributed by atoms with Crippen molar-refractivity contribution in [3.63, 3.8) is 0 Å². The maximum absolute atomic E-state index is 12.3. The number of aromatic nitrogens is 1. The molecule has 0 bridgehead atoms. The second-order valence-corrected chi connectivity index (χ2v) is 5.25. The van der Waals surface area contributed by atoms with Crippen LogP contribution in [0.5, 0.6) is 0 Å². The number of nitrogens with two attached hydrogens (primary N) is 1. The molecule has 0 aliphatic rings. The zero-order chi connectivity index (χ0) is 14.0. The summed E-state index contributed by atoms with van der Waals surface area (Å²) < 4.78 is 0. The number of carbonyl (C=O) groups excluding carboxylic acids is 1. The summed E-state index contributed by atoms with van der Waals surface area (Å²) in [6.07, 6.45) is 1.81. The highest BCUT2D eigenvalue weighted by molar-refractivity contribution is 5.98. The highest BCUT2D eigenvalue weighted by atomic mass is 16.2. The second-order valence-electron chi connectivity index (χ2n) is 5.25. The molecular formula is C15H21N3O. The molecular weight excluding hydrogens is 238 g/mol. The Morgan fingerprint density at radius 2 is 2.00 bits per heavy atom. The van der Waals surface area contributed by atoms with Gasteiger partial charge in [0.05, 0.1) is 0 Å². The van der Waals surface area contributed by atoms with Crippen LogP contribution in [0.15, 0.2) is 24.3 Å². The number of anilines is 1. The molecule has 0 aliphatic carbocycles. The van der Waals surface area contributed by atoms with Crippen molar-refractivity contribution in [1.82, 2.24) is 10.3 Å². The van der Waals surface area contributed by atoms with Crippen LogP contribution in [0.4, 0.5) is 5.69 Å². The minimum atomic E-state index is -0.159. The number of H-pyrrole nitrogens is 1. The van der Waals surface area contributed by atoms with Crippen LogP contribution in [0.2, 0.25) is 0 Å². The summed E-state index contributed by atoms with van der Waals surface area (Å²) >= 11 is 0. The van der Waals surface area contributed by atoms with E-state index in [0.29, 0.717) is 11.4 Å². The molecule has 0 radical (unpaired) electrons. The second kappa shape index (κ2) is 4.96. The van der Waals surface area contributed by atoms with Gasteiger partial charge in [0.2, 0.25) is 0 Å². The Balaban J connectivity index is 2.27. The van der Waals surface area contributed by atoms with Crippen LogP contribution in [0.3, 0.4) is 0 Å². The Morgan fingerprint density at radius 1 is 1.32 bits per heavy atom. The number of fused-ring (bicyclic) bond motifs is 1. The molecule has 1 aromatic carbocycles. The van der Waals surface area contributed by atoms with Gasteiger partial charge < -0.3 is 16.0 Å². The highest BCUT2D eigenvalue weighted by Crippen LogP contribution is 2.20. The van der Waals surface area contributed by atoms with Crippen molar-refractivity contribution >= 4 is 22.5 Å². The van der Waals surface area contributed by atoms with Crippen molar-refractivity contribution in [2.24, 2.45) is 0 Å². The lowest BCUT2D eigenvalue weighted by Gasteiger charge is -2.27. The summed E-state index contributed by atoms with van der Waals surface area (Å²) in [6.45, 7) is 6.22. The van der Waals surface area contributed by atoms with Crippen LogP contribution >= 0.6 is 0 Å². The van der Waals surface area contributed by atoms with E-state index in [1.54, 1.807) is 0 Å². The summed E-state index contributed by atoms with van der Waals surface area (Å²) in [5.41, 5.74) is 7.78. The monoisotopic (exact) mass is 259 g/mol. The molecule has 0 saturated carbocycles. The molecule has 0 unspecified atom stereocenters. The first-order chi connectivity index (χ1) is 8.97. The first-order valence-corrected chi connectivity index (χ1v) is 6.68. The van der Waals surface area contributed by atoms with E-state index >= 15 is 0 Å². The summed E-state index contributed by atoms with van der Waals surface area (Å²) in [6, 6.07) is 7.41. The van der Waals surface area contributed by atoms with E-state index in [0.717, 1.165) is 23.7 Å². The third kappa shape index (κ3) is 2.72. The third-order valence-electron chi connectivity index (χ3n) is 3.87. The van der Waals surface area contributed by atoms with Gasteiger partial charge in [-0.05, 0) is 44.0 Å². The van der Waals surface area contributed by atoms with Crippen LogP contribution in [0.25, 0.3) is 10.9 Å². The zero-order valence-electron chi connectivity index (χ0n) is 11.7. The van der Waals surface area contributed by atoms with Crippen LogP contribution in [-0.4, -0.2) is 16.4 Å². The van der Waals surface area contributed by atoms with E-state index in [9.17, 15) is 4.79 Å². The zero-order valence-corrected chi connectivity index (χ0v) is 11.7. The van der Waals surface area contributed by atoms with Gasteiger partial charge in [-0.1, -0.05) is 13.8 Å². The molecule has 19 heavy (non-hydrogen) atoms. The summed E-state index contributed by atoms with van der Waals surface area (Å²) in [5, 5.41) is 4.04. The average molecular weight is 259 g/mol. The maximum Gasteiger partial charge on any atom is 0.268 e. The lowest BCUT2D eigenvalue weighted by Crippen LogP contribution is -2.45. The number of amides is 1. The molecule has 4 nitrogen and oxygen atoms in total. The Morgan fingerprint density at radius 3 is 2.63 bits per heavy atom. The molecule has 4 N–H and O–H groups in total. The van der Waals surface area contributed by atoms with Gasteiger partial charge in [0.25, 0.3) is 5.91 Å². The normalized spacial score (nSPS) is 11.7. The van der Waals surface area contributed by atoms with E-state index < -0.39 is 0 Å². The van der Waals surface area contributed by atoms with E-state index in [4.69, 9.17) is 5.73 Å². The molecule has 0 atom stereocenters. The largest absolute Gasteiger partial charge is 0.399 e. The molecule has 0 spiro atoms. The molecule has 2 aromatic rings. The Kier molecular flexibility index (Phi) is 3.51. The summed E-state index contributed by atoms with van der Waals surface area (Å²) in [5.74, 6) is -0.0685. The van der Waals surface area contributed by atoms with Crippen molar-refractivity contribution in [2.45, 2.75) is 39.2 Å². The SMILES string of the molecule is CCC(C)(CC)NC(=O)c1cc2cc(N)ccc2[nH]1. The van der Waals surface area contributed by atoms with Crippen LogP contribution < -0.4 is 11.1 Å². The average Bonchev–Trinajstić information content (AvgIpc) is 2.81. The first-order valence-electron chi connectivity index (χ1n) is 6.68. The fraction of sp³-hybridized carbons (Fsp3) is 0.400. The van der Waals surface area contributed by atoms with E-state index in [2.05, 4.69) is 31.1 Å². The molecule has 1 aromatic heterocycles. The molecule has 0 fully saturated rings. The molecule has 102 valence electrons. The molecule has 2 rings (SSSR count). The number of aromatic amines is 1. The summed E-state index contributed by atoms with van der Waals surface area (Å²) in [4.78, 5) is 15.4. The molecule has 1 amide bonds. The van der Waals surface area contributed by atoms with Crippen LogP contribution in [0, 0.1) is 0 Å². The molecule has 0 aliphatic heterocycles. The van der Waals surface area contributed by atoms with E-state index in [-0.39, 0.29) is 11.4 Å². The van der Waals surface area contributed by atoms with Crippen molar-refractivity contribution in [3.05, 3.63) is 30.0 Å². The number of hydrogen-bond donors (Lipinski definition) is 3. The van der Waals surface area contributed by atoms with Gasteiger partial charge in [-0.15, -0.1) is 0 Å². The lowest BCUT2D eigenvalue weighted by molar-refractivity contribution is 0.0896. The lowest BCUT2D eigenvalue weighted by atomic mass is 9.95. The maximum atomic E-state index is 12.3. The number of carbonyl (C=O) groups is 1. The number of rotatable bonds is 4.